The van der Waals surface area contributed by atoms with Gasteiger partial charge < -0.3 is 189 Å². The molecule has 7 fully saturated rings. The van der Waals surface area contributed by atoms with Crippen molar-refractivity contribution in [2.24, 2.45) is 0 Å². The molecule has 0 bridgehead atoms. The van der Waals surface area contributed by atoms with Crippen molar-refractivity contribution in [1.29, 1.82) is 0 Å². The maximum atomic E-state index is 14.5. The van der Waals surface area contributed by atoms with Gasteiger partial charge in [-0.25, -0.2) is 4.57 Å². The van der Waals surface area contributed by atoms with Crippen molar-refractivity contribution in [1.82, 2.24) is 0 Å². The van der Waals surface area contributed by atoms with Crippen LogP contribution in [0.15, 0.2) is 0 Å². The van der Waals surface area contributed by atoms with Crippen LogP contribution in [-0.2, 0) is 89.5 Å². The summed E-state index contributed by atoms with van der Waals surface area (Å²) in [6, 6.07) is 0. The number of carbonyl (C=O) groups excluding carboxylic acids is 2. The van der Waals surface area contributed by atoms with Crippen molar-refractivity contribution in [2.75, 3.05) is 52.9 Å². The second-order valence-electron chi connectivity index (χ2n) is 32.9. The summed E-state index contributed by atoms with van der Waals surface area (Å²) in [6.45, 7) is -2.91. The molecule has 38 atom stereocenters. The molecule has 0 aromatic heterocycles. The third kappa shape index (κ3) is 31.7. The first-order valence-corrected chi connectivity index (χ1v) is 44.9. The average Bonchev–Trinajstić information content (AvgIpc) is 0.758. The lowest BCUT2D eigenvalue weighted by Crippen LogP contribution is -2.69. The summed E-state index contributed by atoms with van der Waals surface area (Å²) in [6.07, 6.45) is -48.7. The summed E-state index contributed by atoms with van der Waals surface area (Å²) in [5.74, 6) is -1.49. The van der Waals surface area contributed by atoms with Crippen molar-refractivity contribution < 1.29 is 212 Å². The first-order valence-electron chi connectivity index (χ1n) is 43.4. The molecule has 0 spiro atoms. The maximum absolute atomic E-state index is 14.5. The van der Waals surface area contributed by atoms with Crippen LogP contribution in [0.3, 0.4) is 0 Å². The fraction of sp³-hybridized carbons (Fsp3) is 0.974. The third-order valence-corrected chi connectivity index (χ3v) is 24.3. The molecule has 0 amide bonds. The molecule has 7 aliphatic rings. The van der Waals surface area contributed by atoms with Crippen LogP contribution >= 0.6 is 7.82 Å². The molecule has 6 saturated heterocycles. The predicted molar refractivity (Wildman–Crippen MR) is 413 cm³/mol. The van der Waals surface area contributed by atoms with E-state index in [0.29, 0.717) is 19.3 Å². The normalized spacial score (nSPS) is 39.8. The number of aliphatic hydroxyl groups is 23. The topological polar surface area (TPSA) is 684 Å². The average molecular weight is 1800 g/mol. The molecule has 122 heavy (non-hydrogen) atoms. The molecule has 24 N–H and O–H groups in total. The third-order valence-electron chi connectivity index (χ3n) is 23.3. The Hall–Kier alpha value is -2.35. The van der Waals surface area contributed by atoms with Crippen molar-refractivity contribution in [3.63, 3.8) is 0 Å². The van der Waals surface area contributed by atoms with E-state index in [1.54, 1.807) is 0 Å². The molecule has 1 aliphatic carbocycles. The van der Waals surface area contributed by atoms with E-state index in [1.807, 2.05) is 0 Å². The fourth-order valence-electron chi connectivity index (χ4n) is 15.5. The lowest BCUT2D eigenvalue weighted by atomic mass is 9.84. The Balaban J connectivity index is 0.997. The number of ether oxygens (including phenoxy) is 14. The largest absolute Gasteiger partial charge is 0.472 e. The summed E-state index contributed by atoms with van der Waals surface area (Å²) < 4.78 is 104. The van der Waals surface area contributed by atoms with Gasteiger partial charge in [-0.15, -0.1) is 0 Å². The molecular formula is C78H141O43P. The standard InChI is InChI=1S/C78H141O43P/c1-3-5-7-9-11-13-15-16-17-18-19-21-22-24-26-28-30-47(81)106-34-40(112-48(82)31-29-27-25-23-20-14-12-10-8-6-4-2)35-111-122(104,105)121-72-70(119-77-68(102)56(90)50(84)42(33-80)114-77)62(96)61(95)63(97)71(72)120-78-69(103)60(94)54(88)46(118-78)39-110-76-67(101)59(93)53(87)45(117-76)38-109-75-66(100)58(92)52(86)44(116-75)37-108-74-65(99)57(91)51(85)43(115-74)36-107-73-64(98)55(89)49(83)41(32-79)113-73/h40-46,49-80,83-103H,3-39H2,1-2H3,(H,104,105)/t40-,41?,42?,43?,44?,45?,46?,49+,50-,51+,52+,53+,54+,55?,56?,57?,58?,59?,60?,61+,62?,63?,64+,65+,66+,67+,68-,69+,70-,71?,72+,73-,74-,75-,76-,77-,78+/m1/s1. The van der Waals surface area contributed by atoms with E-state index in [0.717, 1.165) is 83.5 Å². The molecule has 43 nitrogen and oxygen atoms in total. The molecule has 16 unspecified atom stereocenters. The zero-order valence-electron chi connectivity index (χ0n) is 69.5. The predicted octanol–water partition coefficient (Wildman–Crippen LogP) is -4.94. The molecule has 0 aromatic rings. The van der Waals surface area contributed by atoms with Crippen molar-refractivity contribution in [3.05, 3.63) is 0 Å². The number of hydrogen-bond acceptors (Lipinski definition) is 42. The Morgan fingerprint density at radius 3 is 0.844 bits per heavy atom. The minimum Gasteiger partial charge on any atom is -0.462 e. The number of unbranched alkanes of at least 4 members (excludes halogenated alkanes) is 25. The minimum atomic E-state index is -5.88. The first-order chi connectivity index (χ1) is 58.2. The van der Waals surface area contributed by atoms with Crippen molar-refractivity contribution in [2.45, 2.75) is 427 Å². The van der Waals surface area contributed by atoms with Gasteiger partial charge in [-0.2, -0.15) is 0 Å². The van der Waals surface area contributed by atoms with Gasteiger partial charge in [0.15, 0.2) is 43.8 Å². The minimum absolute atomic E-state index is 0.0270. The zero-order valence-corrected chi connectivity index (χ0v) is 70.4. The lowest BCUT2D eigenvalue weighted by Gasteiger charge is -2.49. The molecule has 0 radical (unpaired) electrons. The highest BCUT2D eigenvalue weighted by Crippen LogP contribution is 2.49. The highest BCUT2D eigenvalue weighted by Gasteiger charge is 2.60. The van der Waals surface area contributed by atoms with E-state index >= 15 is 0 Å². The van der Waals surface area contributed by atoms with E-state index in [9.17, 15) is 136 Å². The Morgan fingerprint density at radius 2 is 0.541 bits per heavy atom. The monoisotopic (exact) mass is 1800 g/mol. The SMILES string of the molecule is CCCCCCCCCCCCCCCCCCC(=O)OC[C@H](COP(=O)(O)O[C@@H]1C(O[C@@H]2OC(CO[C@@H]3OC(CO[C@@H]4OC(CO[C@@H]5OC(CO[C@@H]6OC(CO)[C@H](O)C(O)[C@@H]6O)[C@H](O)C(O)[C@@H]5O)[C@H](O)C(O)[C@@H]4O)[C@H](O)C(O)[C@@H]3O)[C@H](O)C(O)[C@@H]2O)C(O)[C@@H](O)C(O)[C@H]1O[C@H]1OC(CO)[C@@H](O)C(O)[C@H]1O)OC(=O)CCCCCCCCCCCCC. The van der Waals surface area contributed by atoms with Gasteiger partial charge in [0.05, 0.1) is 46.2 Å². The summed E-state index contributed by atoms with van der Waals surface area (Å²) >= 11 is 0. The molecule has 1 saturated carbocycles. The second kappa shape index (κ2) is 54.5. The van der Waals surface area contributed by atoms with Gasteiger partial charge in [0.25, 0.3) is 0 Å². The summed E-state index contributed by atoms with van der Waals surface area (Å²) in [4.78, 5) is 38.4. The Morgan fingerprint density at radius 1 is 0.295 bits per heavy atom. The van der Waals surface area contributed by atoms with Gasteiger partial charge in [0, 0.05) is 12.8 Å². The Kier molecular flexibility index (Phi) is 47.6. The van der Waals surface area contributed by atoms with Crippen LogP contribution in [0, 0.1) is 0 Å². The molecule has 0 aromatic carbocycles. The van der Waals surface area contributed by atoms with Crippen molar-refractivity contribution in [3.8, 4) is 0 Å². The number of phosphoric ester groups is 1. The molecular weight excluding hydrogens is 1660 g/mol. The van der Waals surface area contributed by atoms with Crippen LogP contribution in [0.25, 0.3) is 0 Å². The number of hydrogen-bond donors (Lipinski definition) is 24. The maximum Gasteiger partial charge on any atom is 0.472 e. The van der Waals surface area contributed by atoms with E-state index in [2.05, 4.69) is 13.8 Å². The van der Waals surface area contributed by atoms with E-state index in [1.165, 1.54) is 70.6 Å². The molecule has 7 rings (SSSR count). The first kappa shape index (κ1) is 107. The molecule has 44 heteroatoms. The number of esters is 2. The number of carbonyl (C=O) groups is 2. The van der Waals surface area contributed by atoms with E-state index in [4.69, 9.17) is 75.4 Å². The highest BCUT2D eigenvalue weighted by molar-refractivity contribution is 7.47. The number of phosphoric acid groups is 1. The van der Waals surface area contributed by atoms with Crippen LogP contribution in [0.1, 0.15) is 200 Å². The summed E-state index contributed by atoms with van der Waals surface area (Å²) in [5.41, 5.74) is 0. The van der Waals surface area contributed by atoms with Crippen LogP contribution in [-0.4, -0.2) is 414 Å². The quantitative estimate of drug-likeness (QED) is 0.0154. The van der Waals surface area contributed by atoms with Gasteiger partial charge in [-0.1, -0.05) is 174 Å². The zero-order chi connectivity index (χ0) is 89.5. The van der Waals surface area contributed by atoms with Gasteiger partial charge in [0.1, 0.15) is 190 Å². The molecule has 6 heterocycles. The van der Waals surface area contributed by atoms with Gasteiger partial charge in [0.2, 0.25) is 0 Å². The number of aliphatic hydroxyl groups excluding tert-OH is 23. The number of rotatable bonds is 55. The smallest absolute Gasteiger partial charge is 0.462 e. The Labute approximate surface area is 709 Å². The molecule has 6 aliphatic heterocycles. The van der Waals surface area contributed by atoms with E-state index in [-0.39, 0.29) is 12.8 Å². The van der Waals surface area contributed by atoms with Crippen LogP contribution in [0.2, 0.25) is 0 Å². The summed E-state index contributed by atoms with van der Waals surface area (Å²) in [5, 5.41) is 250. The Bertz CT molecular complexity index is 2910. The second-order valence-corrected chi connectivity index (χ2v) is 34.3. The van der Waals surface area contributed by atoms with Crippen LogP contribution in [0.5, 0.6) is 0 Å². The highest BCUT2D eigenvalue weighted by atomic mass is 31.2. The van der Waals surface area contributed by atoms with E-state index < -0.39 is 300 Å². The summed E-state index contributed by atoms with van der Waals surface area (Å²) in [7, 11) is -5.88. The fourth-order valence-corrected chi connectivity index (χ4v) is 16.5. The van der Waals surface area contributed by atoms with Crippen LogP contribution < -0.4 is 0 Å². The molecule has 716 valence electrons. The van der Waals surface area contributed by atoms with Gasteiger partial charge in [-0.3, -0.25) is 18.6 Å². The van der Waals surface area contributed by atoms with Crippen LogP contribution in [0.4, 0.5) is 0 Å². The van der Waals surface area contributed by atoms with Gasteiger partial charge >= 0.3 is 19.8 Å². The lowest BCUT2D eigenvalue weighted by molar-refractivity contribution is -0.365. The van der Waals surface area contributed by atoms with Crippen molar-refractivity contribution >= 4 is 19.8 Å². The van der Waals surface area contributed by atoms with Gasteiger partial charge in [-0.05, 0) is 12.8 Å².